The average molecular weight is 648 g/mol. The van der Waals surface area contributed by atoms with Crippen molar-refractivity contribution in [2.45, 2.75) is 56.5 Å². The van der Waals surface area contributed by atoms with Crippen molar-refractivity contribution in [2.75, 3.05) is 16.3 Å². The van der Waals surface area contributed by atoms with Crippen molar-refractivity contribution in [1.82, 2.24) is 0 Å². The number of ether oxygens (including phenoxy) is 3. The number of rotatable bonds is 8. The maximum Gasteiger partial charge on any atom is 0.311 e. The number of amides is 2. The van der Waals surface area contributed by atoms with E-state index in [1.54, 1.807) is 30.3 Å². The van der Waals surface area contributed by atoms with Crippen molar-refractivity contribution in [1.29, 1.82) is 0 Å². The fraction of sp³-hybridized carbons (Fsp3) is 0.324. The summed E-state index contributed by atoms with van der Waals surface area (Å²) in [6.45, 7) is 4.86. The first-order valence-electron chi connectivity index (χ1n) is 16.2. The second kappa shape index (κ2) is 10.9. The molecule has 3 aromatic rings. The van der Waals surface area contributed by atoms with Gasteiger partial charge >= 0.3 is 5.97 Å². The predicted octanol–water partition coefficient (Wildman–Crippen LogP) is 5.71. The number of unbranched alkanes of at least 4 members (excludes halogenated alkanes) is 1. The topological polar surface area (TPSA) is 129 Å². The van der Waals surface area contributed by atoms with Gasteiger partial charge in [0.25, 0.3) is 5.69 Å². The van der Waals surface area contributed by atoms with Gasteiger partial charge in [0.2, 0.25) is 17.5 Å². The van der Waals surface area contributed by atoms with Crippen LogP contribution in [0.4, 0.5) is 17.1 Å². The van der Waals surface area contributed by atoms with Crippen molar-refractivity contribution < 1.29 is 33.5 Å². The number of nitrogens with zero attached hydrogens (tertiary/aromatic N) is 3. The number of imide groups is 1. The Kier molecular flexibility index (Phi) is 6.82. The van der Waals surface area contributed by atoms with E-state index in [0.717, 1.165) is 11.3 Å². The predicted molar refractivity (Wildman–Crippen MR) is 176 cm³/mol. The minimum atomic E-state index is -0.873. The lowest BCUT2D eigenvalue weighted by molar-refractivity contribution is -0.384. The Bertz CT molecular complexity index is 1900. The summed E-state index contributed by atoms with van der Waals surface area (Å²) in [4.78, 5) is 53.3. The zero-order chi connectivity index (χ0) is 33.4. The van der Waals surface area contributed by atoms with Gasteiger partial charge in [-0.05, 0) is 80.8 Å². The molecule has 0 radical (unpaired) electrons. The largest absolute Gasteiger partial charge is 0.463 e. The minimum absolute atomic E-state index is 0.00496. The molecule has 5 atom stereocenters. The van der Waals surface area contributed by atoms with Gasteiger partial charge in [0, 0.05) is 36.3 Å². The first kappa shape index (κ1) is 30.1. The zero-order valence-electron chi connectivity index (χ0n) is 26.4. The number of hydrogen-bond acceptors (Lipinski definition) is 9. The Balaban J connectivity index is 0.911. The van der Waals surface area contributed by atoms with Crippen LogP contribution in [0.15, 0.2) is 85.0 Å². The molecule has 11 heteroatoms. The number of non-ortho nitro benzene ring substituents is 1. The van der Waals surface area contributed by atoms with Crippen LogP contribution in [-0.2, 0) is 24.5 Å². The van der Waals surface area contributed by atoms with Crippen molar-refractivity contribution in [2.24, 2.45) is 11.8 Å². The molecule has 2 fully saturated rings. The monoisotopic (exact) mass is 647 g/mol. The van der Waals surface area contributed by atoms with E-state index in [9.17, 15) is 24.5 Å². The van der Waals surface area contributed by atoms with Crippen LogP contribution < -0.4 is 19.3 Å². The summed E-state index contributed by atoms with van der Waals surface area (Å²) < 4.78 is 18.0. The molecule has 0 aliphatic carbocycles. The highest BCUT2D eigenvalue weighted by Gasteiger charge is 2.61. The average Bonchev–Trinajstić information content (AvgIpc) is 3.81. The SMILES string of the molecule is CC1(C)c2ccccc2N(CCCCC(=O)Oc2ccc(N3C(=O)[C@@H]4[C@H](C3=O)[C@H]3C=C[C@@H]4O3)cc2)C12C=Cc1cc([N+](=O)[O-])ccc1O2. The van der Waals surface area contributed by atoms with Crippen LogP contribution in [0.1, 0.15) is 44.2 Å². The fourth-order valence-electron chi connectivity index (χ4n) is 7.93. The molecule has 2 amide bonds. The van der Waals surface area contributed by atoms with Crippen LogP contribution in [0.5, 0.6) is 11.5 Å². The Morgan fingerprint density at radius 2 is 1.67 bits per heavy atom. The number of anilines is 2. The van der Waals surface area contributed by atoms with Crippen LogP contribution in [-0.4, -0.2) is 47.2 Å². The second-order valence-electron chi connectivity index (χ2n) is 13.3. The van der Waals surface area contributed by atoms with E-state index < -0.39 is 27.9 Å². The maximum atomic E-state index is 13.1. The first-order chi connectivity index (χ1) is 23.1. The van der Waals surface area contributed by atoms with Crippen molar-refractivity contribution in [3.05, 3.63) is 106 Å². The lowest BCUT2D eigenvalue weighted by atomic mass is 9.76. The molecule has 5 aliphatic heterocycles. The first-order valence-corrected chi connectivity index (χ1v) is 16.2. The number of nitro benzene ring substituents is 1. The molecule has 5 aliphatic rings. The van der Waals surface area contributed by atoms with Crippen LogP contribution in [0.3, 0.4) is 0 Å². The summed E-state index contributed by atoms with van der Waals surface area (Å²) in [5.74, 6) is -0.975. The molecule has 3 aromatic carbocycles. The number of carbonyl (C=O) groups excluding carboxylic acids is 3. The smallest absolute Gasteiger partial charge is 0.311 e. The van der Waals surface area contributed by atoms with E-state index in [4.69, 9.17) is 14.2 Å². The van der Waals surface area contributed by atoms with Crippen LogP contribution >= 0.6 is 0 Å². The maximum absolute atomic E-state index is 13.1. The molecule has 8 rings (SSSR count). The van der Waals surface area contributed by atoms with Gasteiger partial charge in [0.05, 0.1) is 40.1 Å². The minimum Gasteiger partial charge on any atom is -0.463 e. The number of esters is 1. The molecule has 48 heavy (non-hydrogen) atoms. The number of nitro groups is 1. The summed E-state index contributed by atoms with van der Waals surface area (Å²) in [6, 6.07) is 19.2. The van der Waals surface area contributed by atoms with Gasteiger partial charge in [-0.2, -0.15) is 0 Å². The summed E-state index contributed by atoms with van der Waals surface area (Å²) in [5.41, 5.74) is 1.93. The molecule has 2 bridgehead atoms. The third-order valence-corrected chi connectivity index (χ3v) is 10.4. The second-order valence-corrected chi connectivity index (χ2v) is 13.3. The summed E-state index contributed by atoms with van der Waals surface area (Å²) in [6.07, 6.45) is 8.31. The highest BCUT2D eigenvalue weighted by molar-refractivity contribution is 6.23. The van der Waals surface area contributed by atoms with Crippen molar-refractivity contribution >= 4 is 40.9 Å². The molecule has 244 valence electrons. The van der Waals surface area contributed by atoms with Gasteiger partial charge in [-0.15, -0.1) is 0 Å². The van der Waals surface area contributed by atoms with E-state index in [1.807, 2.05) is 36.4 Å². The Morgan fingerprint density at radius 3 is 2.38 bits per heavy atom. The quantitative estimate of drug-likeness (QED) is 0.0574. The van der Waals surface area contributed by atoms with Gasteiger partial charge in [0.1, 0.15) is 11.5 Å². The third kappa shape index (κ3) is 4.41. The third-order valence-electron chi connectivity index (χ3n) is 10.4. The van der Waals surface area contributed by atoms with Gasteiger partial charge in [0.15, 0.2) is 0 Å². The Morgan fingerprint density at radius 1 is 0.958 bits per heavy atom. The van der Waals surface area contributed by atoms with Crippen molar-refractivity contribution in [3.63, 3.8) is 0 Å². The van der Waals surface area contributed by atoms with E-state index in [1.165, 1.54) is 17.0 Å². The van der Waals surface area contributed by atoms with E-state index in [-0.39, 0.29) is 42.1 Å². The van der Waals surface area contributed by atoms with E-state index in [0.29, 0.717) is 42.1 Å². The summed E-state index contributed by atoms with van der Waals surface area (Å²) in [5, 5.41) is 11.3. The normalized spacial score (nSPS) is 26.9. The molecule has 0 aromatic heterocycles. The molecule has 1 spiro atoms. The lowest BCUT2D eigenvalue weighted by Crippen LogP contribution is -2.59. The zero-order valence-corrected chi connectivity index (χ0v) is 26.4. The molecule has 2 saturated heterocycles. The van der Waals surface area contributed by atoms with Gasteiger partial charge < -0.3 is 19.1 Å². The van der Waals surface area contributed by atoms with Gasteiger partial charge in [-0.3, -0.25) is 24.5 Å². The van der Waals surface area contributed by atoms with E-state index in [2.05, 4.69) is 30.9 Å². The van der Waals surface area contributed by atoms with Crippen LogP contribution in [0.25, 0.3) is 6.08 Å². The summed E-state index contributed by atoms with van der Waals surface area (Å²) in [7, 11) is 0. The lowest BCUT2D eigenvalue weighted by Gasteiger charge is -2.47. The molecule has 11 nitrogen and oxygen atoms in total. The number of benzene rings is 3. The molecule has 5 heterocycles. The Labute approximate surface area is 276 Å². The molecule has 0 saturated carbocycles. The van der Waals surface area contributed by atoms with Gasteiger partial charge in [-0.1, -0.05) is 30.4 Å². The number of para-hydroxylation sites is 1. The molecular weight excluding hydrogens is 614 g/mol. The summed E-state index contributed by atoms with van der Waals surface area (Å²) >= 11 is 0. The highest BCUT2D eigenvalue weighted by atomic mass is 16.6. The molecule has 0 N–H and O–H groups in total. The molecular formula is C37H33N3O8. The van der Waals surface area contributed by atoms with Crippen LogP contribution in [0.2, 0.25) is 0 Å². The van der Waals surface area contributed by atoms with Crippen LogP contribution in [0, 0.1) is 22.0 Å². The Hall–Kier alpha value is -5.29. The highest BCUT2D eigenvalue weighted by Crippen LogP contribution is 2.55. The van der Waals surface area contributed by atoms with Gasteiger partial charge in [-0.25, -0.2) is 4.90 Å². The van der Waals surface area contributed by atoms with Crippen molar-refractivity contribution in [3.8, 4) is 11.5 Å². The number of carbonyl (C=O) groups is 3. The van der Waals surface area contributed by atoms with E-state index >= 15 is 0 Å². The standard InChI is InChI=1S/C37H33N3O8/c1-36(2)26-7-3-4-8-27(26)38(37(36)19-18-22-21-24(40(44)45)12-15-28(22)48-37)20-6-5-9-31(41)46-25-13-10-23(11-14-25)39-34(42)32-29-16-17-30(47-29)33(32)35(39)43/h3-4,7-8,10-19,21,29-30,32-33H,5-6,9,20H2,1-2H3/t29-,30+,32-,33+,37?. The molecule has 1 unspecified atom stereocenters. The number of hydrogen-bond donors (Lipinski definition) is 0. The fourth-order valence-corrected chi connectivity index (χ4v) is 7.93. The number of fused-ring (bicyclic) bond motifs is 7.